The summed E-state index contributed by atoms with van der Waals surface area (Å²) < 4.78 is 0. The van der Waals surface area contributed by atoms with Gasteiger partial charge in [0.1, 0.15) is 0 Å². The molecule has 1 atom stereocenters. The minimum Gasteiger partial charge on any atom is -0.480 e. The van der Waals surface area contributed by atoms with E-state index in [1.165, 1.54) is 0 Å². The van der Waals surface area contributed by atoms with Crippen molar-refractivity contribution in [1.29, 1.82) is 0 Å². The zero-order chi connectivity index (χ0) is 14.8. The molecule has 0 spiro atoms. The third-order valence-corrected chi connectivity index (χ3v) is 2.01. The Kier molecular flexibility index (Phi) is 7.78. The van der Waals surface area contributed by atoms with Crippen molar-refractivity contribution in [3.05, 3.63) is 48.6 Å². The maximum atomic E-state index is 10.6. The van der Waals surface area contributed by atoms with Gasteiger partial charge in [-0.2, -0.15) is 0 Å². The van der Waals surface area contributed by atoms with Crippen molar-refractivity contribution in [2.45, 2.75) is 12.5 Å². The van der Waals surface area contributed by atoms with Crippen molar-refractivity contribution in [2.75, 3.05) is 0 Å². The molecule has 1 rings (SSSR count). The molecular formula is C12H15NO6. The highest BCUT2D eigenvalue weighted by molar-refractivity contribution is 5.78. The molecule has 0 amide bonds. The molecule has 1 unspecified atom stereocenters. The number of carboxylic acids is 2. The van der Waals surface area contributed by atoms with E-state index in [0.717, 1.165) is 11.6 Å². The normalized spacial score (nSPS) is 11.1. The Bertz CT molecular complexity index is 417. The number of hydroxylamine groups is 2. The van der Waals surface area contributed by atoms with Gasteiger partial charge in [0.15, 0.2) is 6.04 Å². The summed E-state index contributed by atoms with van der Waals surface area (Å²) in [4.78, 5) is 19.8. The Morgan fingerprint density at radius 3 is 2.00 bits per heavy atom. The zero-order valence-electron chi connectivity index (χ0n) is 10.0. The molecule has 0 saturated heterocycles. The van der Waals surface area contributed by atoms with Crippen LogP contribution in [0.15, 0.2) is 43.0 Å². The average Bonchev–Trinajstić information content (AvgIpc) is 2.37. The lowest BCUT2D eigenvalue weighted by molar-refractivity contribution is -0.327. The highest BCUT2D eigenvalue weighted by Crippen LogP contribution is 2.06. The molecule has 104 valence electrons. The Morgan fingerprint density at radius 2 is 1.68 bits per heavy atom. The molecule has 19 heavy (non-hydrogen) atoms. The van der Waals surface area contributed by atoms with Crippen LogP contribution in [0, 0.1) is 0 Å². The molecule has 0 aliphatic rings. The summed E-state index contributed by atoms with van der Waals surface area (Å²) in [5, 5.41) is 33.3. The monoisotopic (exact) mass is 269 g/mol. The summed E-state index contributed by atoms with van der Waals surface area (Å²) in [6.07, 6.45) is 0.878. The molecule has 0 bridgehead atoms. The van der Waals surface area contributed by atoms with Crippen LogP contribution in [0.2, 0.25) is 0 Å². The average molecular weight is 269 g/mol. The van der Waals surface area contributed by atoms with E-state index < -0.39 is 18.0 Å². The van der Waals surface area contributed by atoms with Crippen LogP contribution in [0.5, 0.6) is 0 Å². The largest absolute Gasteiger partial charge is 0.480 e. The predicted octanol–water partition coefficient (Wildman–Crippen LogP) is 1.02. The Morgan fingerprint density at radius 1 is 1.21 bits per heavy atom. The third-order valence-electron chi connectivity index (χ3n) is 2.01. The SMILES string of the molecule is C=CC(=O)O.O=C(O)C(Cc1ccccc1)N(O)O. The summed E-state index contributed by atoms with van der Waals surface area (Å²) in [5.74, 6) is -2.26. The van der Waals surface area contributed by atoms with Gasteiger partial charge in [-0.05, 0) is 5.56 Å². The fourth-order valence-electron chi connectivity index (χ4n) is 1.11. The first-order chi connectivity index (χ1) is 8.88. The van der Waals surface area contributed by atoms with Crippen LogP contribution in [0.25, 0.3) is 0 Å². The van der Waals surface area contributed by atoms with E-state index in [-0.39, 0.29) is 11.6 Å². The molecule has 0 aliphatic carbocycles. The second-order valence-electron chi connectivity index (χ2n) is 3.41. The number of rotatable bonds is 5. The number of hydrogen-bond acceptors (Lipinski definition) is 5. The first kappa shape index (κ1) is 16.8. The van der Waals surface area contributed by atoms with Gasteiger partial charge in [0.25, 0.3) is 0 Å². The first-order valence-corrected chi connectivity index (χ1v) is 5.17. The van der Waals surface area contributed by atoms with Crippen LogP contribution in [-0.2, 0) is 16.0 Å². The van der Waals surface area contributed by atoms with Crippen LogP contribution in [-0.4, -0.2) is 43.8 Å². The van der Waals surface area contributed by atoms with E-state index in [1.807, 2.05) is 0 Å². The van der Waals surface area contributed by atoms with E-state index in [2.05, 4.69) is 6.58 Å². The maximum Gasteiger partial charge on any atom is 0.327 e. The van der Waals surface area contributed by atoms with E-state index >= 15 is 0 Å². The second kappa shape index (κ2) is 8.81. The van der Waals surface area contributed by atoms with E-state index in [0.29, 0.717) is 0 Å². The van der Waals surface area contributed by atoms with Crippen molar-refractivity contribution in [1.82, 2.24) is 5.23 Å². The summed E-state index contributed by atoms with van der Waals surface area (Å²) in [6, 6.07) is 7.42. The number of nitrogens with zero attached hydrogens (tertiary/aromatic N) is 1. The predicted molar refractivity (Wildman–Crippen MR) is 64.8 cm³/mol. The van der Waals surface area contributed by atoms with Crippen molar-refractivity contribution in [3.63, 3.8) is 0 Å². The van der Waals surface area contributed by atoms with Gasteiger partial charge in [0.05, 0.1) is 0 Å². The summed E-state index contributed by atoms with van der Waals surface area (Å²) in [5.41, 5.74) is 0.730. The highest BCUT2D eigenvalue weighted by Gasteiger charge is 2.23. The minimum atomic E-state index is -1.34. The van der Waals surface area contributed by atoms with Crippen molar-refractivity contribution >= 4 is 11.9 Å². The molecule has 0 aromatic heterocycles. The molecule has 4 N–H and O–H groups in total. The van der Waals surface area contributed by atoms with Gasteiger partial charge < -0.3 is 10.2 Å². The lowest BCUT2D eigenvalue weighted by atomic mass is 10.1. The van der Waals surface area contributed by atoms with Gasteiger partial charge in [-0.15, -0.1) is 0 Å². The molecule has 0 saturated carbocycles. The van der Waals surface area contributed by atoms with E-state index in [4.69, 9.17) is 20.6 Å². The lowest BCUT2D eigenvalue weighted by Crippen LogP contribution is -2.38. The maximum absolute atomic E-state index is 10.6. The molecule has 0 heterocycles. The fraction of sp³-hybridized carbons (Fsp3) is 0.167. The van der Waals surface area contributed by atoms with Gasteiger partial charge in [-0.1, -0.05) is 42.1 Å². The molecule has 0 aliphatic heterocycles. The van der Waals surface area contributed by atoms with Crippen molar-refractivity contribution < 1.29 is 30.2 Å². The highest BCUT2D eigenvalue weighted by atomic mass is 16.8. The number of carboxylic acid groups (broad SMARTS) is 2. The van der Waals surface area contributed by atoms with Crippen LogP contribution in [0.4, 0.5) is 0 Å². The summed E-state index contributed by atoms with van der Waals surface area (Å²) in [6.45, 7) is 2.96. The smallest absolute Gasteiger partial charge is 0.327 e. The van der Waals surface area contributed by atoms with Crippen LogP contribution in [0.3, 0.4) is 0 Å². The second-order valence-corrected chi connectivity index (χ2v) is 3.41. The molecule has 0 radical (unpaired) electrons. The van der Waals surface area contributed by atoms with Crippen LogP contribution < -0.4 is 0 Å². The molecule has 0 fully saturated rings. The number of benzene rings is 1. The minimum absolute atomic E-state index is 0.0448. The standard InChI is InChI=1S/C9H11NO4.C3H4O2/c11-9(12)8(10(13)14)6-7-4-2-1-3-5-7;1-2-3(4)5/h1-5,8,13-14H,6H2,(H,11,12);2H,1H2,(H,4,5). The molecule has 1 aromatic rings. The molecule has 7 nitrogen and oxygen atoms in total. The lowest BCUT2D eigenvalue weighted by Gasteiger charge is -2.15. The first-order valence-electron chi connectivity index (χ1n) is 5.17. The molecular weight excluding hydrogens is 254 g/mol. The number of carbonyl (C=O) groups is 2. The Balaban J connectivity index is 0.000000555. The molecule has 7 heteroatoms. The summed E-state index contributed by atoms with van der Waals surface area (Å²) in [7, 11) is 0. The zero-order valence-corrected chi connectivity index (χ0v) is 10.0. The Hall–Kier alpha value is -2.22. The Labute approximate surface area is 109 Å². The third kappa shape index (κ3) is 7.66. The topological polar surface area (TPSA) is 118 Å². The van der Waals surface area contributed by atoms with Gasteiger partial charge in [0.2, 0.25) is 0 Å². The molecule has 1 aromatic carbocycles. The van der Waals surface area contributed by atoms with Crippen molar-refractivity contribution in [2.24, 2.45) is 0 Å². The quantitative estimate of drug-likeness (QED) is 0.465. The van der Waals surface area contributed by atoms with E-state index in [9.17, 15) is 9.59 Å². The van der Waals surface area contributed by atoms with Gasteiger partial charge >= 0.3 is 11.9 Å². The van der Waals surface area contributed by atoms with Crippen LogP contribution >= 0.6 is 0 Å². The van der Waals surface area contributed by atoms with Crippen LogP contribution in [0.1, 0.15) is 5.56 Å². The van der Waals surface area contributed by atoms with E-state index in [1.54, 1.807) is 30.3 Å². The summed E-state index contributed by atoms with van der Waals surface area (Å²) >= 11 is 0. The van der Waals surface area contributed by atoms with Gasteiger partial charge in [-0.25, -0.2) is 4.79 Å². The fourth-order valence-corrected chi connectivity index (χ4v) is 1.11. The van der Waals surface area contributed by atoms with Gasteiger partial charge in [-0.3, -0.25) is 15.2 Å². The number of aliphatic carboxylic acids is 2. The van der Waals surface area contributed by atoms with Crippen molar-refractivity contribution in [3.8, 4) is 0 Å². The number of hydrogen-bond donors (Lipinski definition) is 4. The van der Waals surface area contributed by atoms with Gasteiger partial charge in [0, 0.05) is 12.5 Å².